The second-order valence-corrected chi connectivity index (χ2v) is 9.16. The maximum Gasteiger partial charge on any atom is 0.262 e. The first-order valence-electron chi connectivity index (χ1n) is 9.95. The number of imidazole rings is 1. The number of hydrogen-bond acceptors (Lipinski definition) is 6. The van der Waals surface area contributed by atoms with E-state index in [9.17, 15) is 8.42 Å². The van der Waals surface area contributed by atoms with Crippen LogP contribution < -0.4 is 9.46 Å². The number of ether oxygens (including phenoxy) is 1. The largest absolute Gasteiger partial charge is 0.438 e. The Morgan fingerprint density at radius 2 is 1.59 bits per heavy atom. The van der Waals surface area contributed by atoms with Crippen LogP contribution in [-0.4, -0.2) is 28.2 Å². The van der Waals surface area contributed by atoms with Crippen molar-refractivity contribution in [2.45, 2.75) is 32.6 Å². The van der Waals surface area contributed by atoms with E-state index in [1.807, 2.05) is 31.4 Å². The third-order valence-corrected chi connectivity index (χ3v) is 6.63. The zero-order valence-electron chi connectivity index (χ0n) is 18.2. The van der Waals surface area contributed by atoms with E-state index in [0.717, 1.165) is 17.0 Å². The van der Waals surface area contributed by atoms with Gasteiger partial charge in [0, 0.05) is 24.1 Å². The molecule has 0 atom stereocenters. The van der Waals surface area contributed by atoms with E-state index in [-0.39, 0.29) is 4.90 Å². The van der Waals surface area contributed by atoms with Gasteiger partial charge in [0.1, 0.15) is 11.6 Å². The van der Waals surface area contributed by atoms with Gasteiger partial charge in [-0.05, 0) is 80.8 Å². The molecular formula is C23H23N5O3S. The van der Waals surface area contributed by atoms with Crippen molar-refractivity contribution < 1.29 is 13.2 Å². The lowest BCUT2D eigenvalue weighted by Crippen LogP contribution is -2.14. The molecule has 0 amide bonds. The van der Waals surface area contributed by atoms with Gasteiger partial charge in [-0.1, -0.05) is 6.07 Å². The van der Waals surface area contributed by atoms with Crippen LogP contribution in [-0.2, 0) is 10.0 Å². The molecule has 2 aromatic carbocycles. The molecule has 0 spiro atoms. The summed E-state index contributed by atoms with van der Waals surface area (Å²) >= 11 is 0. The predicted molar refractivity (Wildman–Crippen MR) is 122 cm³/mol. The third kappa shape index (κ3) is 4.47. The van der Waals surface area contributed by atoms with Gasteiger partial charge in [-0.2, -0.15) is 0 Å². The average Bonchev–Trinajstić information content (AvgIpc) is 3.18. The number of hydrogen-bond donors (Lipinski definition) is 1. The minimum absolute atomic E-state index is 0.268. The minimum atomic E-state index is -3.71. The number of anilines is 1. The van der Waals surface area contributed by atoms with Crippen molar-refractivity contribution in [3.05, 3.63) is 83.4 Å². The average molecular weight is 450 g/mol. The van der Waals surface area contributed by atoms with Gasteiger partial charge < -0.3 is 4.74 Å². The molecule has 1 N–H and O–H groups in total. The Hall–Kier alpha value is -3.72. The van der Waals surface area contributed by atoms with Crippen molar-refractivity contribution in [3.8, 4) is 17.4 Å². The summed E-state index contributed by atoms with van der Waals surface area (Å²) in [5.74, 6) is 2.28. The van der Waals surface area contributed by atoms with E-state index >= 15 is 0 Å². The summed E-state index contributed by atoms with van der Waals surface area (Å²) in [6.45, 7) is 7.52. The zero-order valence-corrected chi connectivity index (χ0v) is 19.0. The summed E-state index contributed by atoms with van der Waals surface area (Å²) in [6.07, 6.45) is 3.50. The summed E-state index contributed by atoms with van der Waals surface area (Å²) in [6, 6.07) is 13.7. The van der Waals surface area contributed by atoms with E-state index in [1.165, 1.54) is 0 Å². The number of nitrogens with zero attached hydrogens (tertiary/aromatic N) is 4. The highest BCUT2D eigenvalue weighted by Crippen LogP contribution is 2.25. The fourth-order valence-electron chi connectivity index (χ4n) is 3.26. The number of aryl methyl sites for hydroxylation is 4. The van der Waals surface area contributed by atoms with Crippen LogP contribution in [0, 0.1) is 27.7 Å². The molecule has 0 aliphatic heterocycles. The van der Waals surface area contributed by atoms with Gasteiger partial charge in [-0.15, -0.1) is 10.2 Å². The highest BCUT2D eigenvalue weighted by atomic mass is 32.2. The molecule has 0 saturated carbocycles. The molecule has 0 aliphatic rings. The lowest BCUT2D eigenvalue weighted by Gasteiger charge is -2.13. The summed E-state index contributed by atoms with van der Waals surface area (Å²) in [4.78, 5) is 4.43. The van der Waals surface area contributed by atoms with Gasteiger partial charge >= 0.3 is 0 Å². The molecule has 0 fully saturated rings. The van der Waals surface area contributed by atoms with Crippen LogP contribution in [0.2, 0.25) is 0 Å². The van der Waals surface area contributed by atoms with Gasteiger partial charge in [0.2, 0.25) is 5.88 Å². The molecule has 164 valence electrons. The van der Waals surface area contributed by atoms with Crippen LogP contribution in [0.5, 0.6) is 11.6 Å². The predicted octanol–water partition coefficient (Wildman–Crippen LogP) is 4.49. The quantitative estimate of drug-likeness (QED) is 0.466. The molecule has 0 saturated heterocycles. The molecule has 4 rings (SSSR count). The van der Waals surface area contributed by atoms with Gasteiger partial charge in [0.05, 0.1) is 4.90 Å². The molecule has 9 heteroatoms. The molecule has 0 aliphatic carbocycles. The van der Waals surface area contributed by atoms with Crippen LogP contribution in [0.15, 0.2) is 65.8 Å². The summed E-state index contributed by atoms with van der Waals surface area (Å²) in [7, 11) is -3.71. The van der Waals surface area contributed by atoms with Gasteiger partial charge in [0.15, 0.2) is 5.82 Å². The Morgan fingerprint density at radius 3 is 2.22 bits per heavy atom. The highest BCUT2D eigenvalue weighted by Gasteiger charge is 2.18. The number of nitrogens with one attached hydrogen (secondary N) is 1. The molecule has 0 radical (unpaired) electrons. The normalized spacial score (nSPS) is 11.4. The monoisotopic (exact) mass is 449 g/mol. The van der Waals surface area contributed by atoms with E-state index in [1.54, 1.807) is 61.8 Å². The van der Waals surface area contributed by atoms with Crippen LogP contribution >= 0.6 is 0 Å². The summed E-state index contributed by atoms with van der Waals surface area (Å²) in [5.41, 5.74) is 3.12. The third-order valence-electron chi connectivity index (χ3n) is 5.11. The van der Waals surface area contributed by atoms with Crippen molar-refractivity contribution in [3.63, 3.8) is 0 Å². The first-order valence-corrected chi connectivity index (χ1v) is 11.4. The fraction of sp³-hybridized carbons (Fsp3) is 0.174. The van der Waals surface area contributed by atoms with Gasteiger partial charge in [-0.25, -0.2) is 13.4 Å². The summed E-state index contributed by atoms with van der Waals surface area (Å²) in [5, 5.41) is 8.24. The molecule has 2 heterocycles. The Labute approximate surface area is 187 Å². The Morgan fingerprint density at radius 1 is 0.875 bits per heavy atom. The first-order chi connectivity index (χ1) is 15.2. The van der Waals surface area contributed by atoms with Crippen molar-refractivity contribution in [2.75, 3.05) is 4.72 Å². The van der Waals surface area contributed by atoms with Crippen molar-refractivity contribution in [1.82, 2.24) is 19.7 Å². The van der Waals surface area contributed by atoms with E-state index in [4.69, 9.17) is 4.74 Å². The topological polar surface area (TPSA) is 99.0 Å². The van der Waals surface area contributed by atoms with Crippen LogP contribution in [0.3, 0.4) is 0 Å². The van der Waals surface area contributed by atoms with Crippen LogP contribution in [0.1, 0.15) is 22.5 Å². The van der Waals surface area contributed by atoms with Crippen LogP contribution in [0.25, 0.3) is 5.82 Å². The molecule has 0 unspecified atom stereocenters. The number of sulfonamides is 1. The lowest BCUT2D eigenvalue weighted by atomic mass is 10.1. The van der Waals surface area contributed by atoms with Gasteiger partial charge in [0.25, 0.3) is 10.0 Å². The van der Waals surface area contributed by atoms with Gasteiger partial charge in [-0.3, -0.25) is 9.29 Å². The number of benzene rings is 2. The summed E-state index contributed by atoms with van der Waals surface area (Å²) < 4.78 is 35.9. The van der Waals surface area contributed by atoms with E-state index < -0.39 is 10.0 Å². The number of rotatable bonds is 6. The Bertz CT molecular complexity index is 1360. The smallest absolute Gasteiger partial charge is 0.262 e. The molecule has 32 heavy (non-hydrogen) atoms. The Kier molecular flexibility index (Phi) is 5.67. The van der Waals surface area contributed by atoms with Crippen LogP contribution in [0.4, 0.5) is 5.69 Å². The van der Waals surface area contributed by atoms with E-state index in [0.29, 0.717) is 28.7 Å². The highest BCUT2D eigenvalue weighted by molar-refractivity contribution is 7.92. The minimum Gasteiger partial charge on any atom is -0.438 e. The molecule has 8 nitrogen and oxygen atoms in total. The fourth-order valence-corrected chi connectivity index (χ4v) is 4.63. The second-order valence-electron chi connectivity index (χ2n) is 7.51. The van der Waals surface area contributed by atoms with Crippen molar-refractivity contribution >= 4 is 15.7 Å². The molecular weight excluding hydrogens is 426 g/mol. The van der Waals surface area contributed by atoms with Crippen molar-refractivity contribution in [1.29, 1.82) is 0 Å². The molecule has 4 aromatic rings. The zero-order chi connectivity index (χ0) is 22.9. The Balaban J connectivity index is 1.46. The second kappa shape index (κ2) is 8.43. The molecule has 2 aromatic heterocycles. The lowest BCUT2D eigenvalue weighted by molar-refractivity contribution is 0.454. The SMILES string of the molecule is Cc1cc(C)c(S(=O)(=O)Nc2ccc(Oc3ccc(-n4ccnc4C)nn3)cc2)cc1C. The number of aromatic nitrogens is 4. The maximum absolute atomic E-state index is 12.8. The van der Waals surface area contributed by atoms with E-state index in [2.05, 4.69) is 19.9 Å². The first kappa shape index (κ1) is 21.5. The standard InChI is InChI=1S/C23H23N5O3S/c1-15-13-17(3)21(14-16(15)2)32(29,30)27-19-5-7-20(8-6-19)31-23-10-9-22(25-26-23)28-12-11-24-18(28)4/h5-14,27H,1-4H3. The molecule has 0 bridgehead atoms. The van der Waals surface area contributed by atoms with Crippen molar-refractivity contribution in [2.24, 2.45) is 0 Å². The maximum atomic E-state index is 12.8.